The van der Waals surface area contributed by atoms with E-state index in [1.54, 1.807) is 0 Å². The Bertz CT molecular complexity index is 651. The van der Waals surface area contributed by atoms with E-state index in [4.69, 9.17) is 9.52 Å². The van der Waals surface area contributed by atoms with Gasteiger partial charge < -0.3 is 9.52 Å². The van der Waals surface area contributed by atoms with Crippen molar-refractivity contribution in [3.05, 3.63) is 34.0 Å². The van der Waals surface area contributed by atoms with Gasteiger partial charge in [0.05, 0.1) is 22.2 Å². The van der Waals surface area contributed by atoms with Crippen LogP contribution in [0.4, 0.5) is 0 Å². The van der Waals surface area contributed by atoms with Crippen molar-refractivity contribution in [3.63, 3.8) is 0 Å². The van der Waals surface area contributed by atoms with E-state index in [-0.39, 0.29) is 22.0 Å². The van der Waals surface area contributed by atoms with Crippen molar-refractivity contribution in [1.82, 2.24) is 4.98 Å². The highest BCUT2D eigenvalue weighted by Crippen LogP contribution is 2.25. The molecule has 2 aromatic rings. The molecule has 108 valence electrons. The van der Waals surface area contributed by atoms with E-state index in [9.17, 15) is 9.00 Å². The molecule has 0 saturated heterocycles. The number of carbonyl (C=O) groups is 1. The normalized spacial score (nSPS) is 13.3. The van der Waals surface area contributed by atoms with Crippen LogP contribution >= 0.6 is 11.3 Å². The predicted octanol–water partition coefficient (Wildman–Crippen LogP) is 3.04. The summed E-state index contributed by atoms with van der Waals surface area (Å²) in [5.41, 5.74) is 0.914. The molecular weight excluding hydrogens is 298 g/mol. The molecule has 20 heavy (non-hydrogen) atoms. The van der Waals surface area contributed by atoms with Crippen molar-refractivity contribution in [2.24, 2.45) is 0 Å². The second kappa shape index (κ2) is 5.49. The minimum atomic E-state index is -1.43. The molecule has 0 bridgehead atoms. The van der Waals surface area contributed by atoms with Crippen molar-refractivity contribution in [3.8, 4) is 0 Å². The topological polar surface area (TPSA) is 80.4 Å². The molecule has 2 heterocycles. The Labute approximate surface area is 123 Å². The lowest BCUT2D eigenvalue weighted by molar-refractivity contribution is 0.0656. The molecule has 0 fully saturated rings. The molecule has 0 aliphatic heterocycles. The summed E-state index contributed by atoms with van der Waals surface area (Å²) >= 11 is 1.45. The highest BCUT2D eigenvalue weighted by molar-refractivity contribution is 7.84. The summed E-state index contributed by atoms with van der Waals surface area (Å²) in [4.78, 5) is 15.2. The quantitative estimate of drug-likeness (QED) is 0.938. The third kappa shape index (κ3) is 3.34. The van der Waals surface area contributed by atoms with Gasteiger partial charge in [0.1, 0.15) is 5.01 Å². The predicted molar refractivity (Wildman–Crippen MR) is 76.6 cm³/mol. The van der Waals surface area contributed by atoms with Crippen LogP contribution in [0.3, 0.4) is 0 Å². The SMILES string of the molecule is CC(C)(C)c1csc(CS(=O)c2ccc(C(=O)O)o2)n1. The van der Waals surface area contributed by atoms with Crippen LogP contribution in [0.1, 0.15) is 42.0 Å². The number of carboxylic acid groups (broad SMARTS) is 1. The fourth-order valence-electron chi connectivity index (χ4n) is 1.46. The van der Waals surface area contributed by atoms with Crippen molar-refractivity contribution in [2.45, 2.75) is 37.0 Å². The van der Waals surface area contributed by atoms with E-state index in [0.29, 0.717) is 0 Å². The lowest BCUT2D eigenvalue weighted by Crippen LogP contribution is -2.11. The van der Waals surface area contributed by atoms with Gasteiger partial charge in [0, 0.05) is 10.8 Å². The summed E-state index contributed by atoms with van der Waals surface area (Å²) in [5, 5.41) is 11.6. The van der Waals surface area contributed by atoms with E-state index in [1.165, 1.54) is 23.5 Å². The van der Waals surface area contributed by atoms with Gasteiger partial charge >= 0.3 is 5.97 Å². The monoisotopic (exact) mass is 313 g/mol. The van der Waals surface area contributed by atoms with E-state index in [1.807, 2.05) is 5.38 Å². The zero-order valence-corrected chi connectivity index (χ0v) is 13.0. The van der Waals surface area contributed by atoms with Crippen LogP contribution in [-0.4, -0.2) is 20.3 Å². The Kier molecular flexibility index (Phi) is 4.10. The molecule has 5 nitrogen and oxygen atoms in total. The number of nitrogens with zero attached hydrogens (tertiary/aromatic N) is 1. The summed E-state index contributed by atoms with van der Waals surface area (Å²) in [7, 11) is -1.43. The number of aromatic carboxylic acids is 1. The van der Waals surface area contributed by atoms with E-state index in [2.05, 4.69) is 25.8 Å². The standard InChI is InChI=1S/C13H15NO4S2/c1-13(2,3)9-6-19-10(14-9)7-20(17)11-5-4-8(18-11)12(15)16/h4-6H,7H2,1-3H3,(H,15,16). The molecule has 0 aliphatic carbocycles. The molecule has 0 aromatic carbocycles. The Morgan fingerprint density at radius 2 is 2.15 bits per heavy atom. The van der Waals surface area contributed by atoms with Gasteiger partial charge in [-0.2, -0.15) is 0 Å². The molecule has 7 heteroatoms. The van der Waals surface area contributed by atoms with E-state index >= 15 is 0 Å². The number of rotatable bonds is 4. The first-order chi connectivity index (χ1) is 9.27. The fraction of sp³-hybridized carbons (Fsp3) is 0.385. The minimum absolute atomic E-state index is 0.0442. The minimum Gasteiger partial charge on any atom is -0.475 e. The molecule has 0 aliphatic rings. The maximum Gasteiger partial charge on any atom is 0.371 e. The maximum atomic E-state index is 12.1. The number of carboxylic acids is 1. The molecular formula is C13H15NO4S2. The smallest absolute Gasteiger partial charge is 0.371 e. The first kappa shape index (κ1) is 14.9. The van der Waals surface area contributed by atoms with Crippen molar-refractivity contribution >= 4 is 28.1 Å². The van der Waals surface area contributed by atoms with Gasteiger partial charge in [-0.05, 0) is 12.1 Å². The Morgan fingerprint density at radius 1 is 1.45 bits per heavy atom. The third-order valence-electron chi connectivity index (χ3n) is 2.59. The van der Waals surface area contributed by atoms with Gasteiger partial charge in [0.15, 0.2) is 5.09 Å². The molecule has 1 unspecified atom stereocenters. The molecule has 0 radical (unpaired) electrons. The number of furan rings is 1. The molecule has 2 aromatic heterocycles. The van der Waals surface area contributed by atoms with Gasteiger partial charge in [0.2, 0.25) is 5.76 Å². The molecule has 1 atom stereocenters. The van der Waals surface area contributed by atoms with Crippen LogP contribution in [0.2, 0.25) is 0 Å². The molecule has 0 spiro atoms. The van der Waals surface area contributed by atoms with E-state index < -0.39 is 16.8 Å². The van der Waals surface area contributed by atoms with Gasteiger partial charge in [-0.25, -0.2) is 9.78 Å². The van der Waals surface area contributed by atoms with Crippen molar-refractivity contribution < 1.29 is 18.5 Å². The molecule has 0 saturated carbocycles. The average Bonchev–Trinajstić information content (AvgIpc) is 2.95. The largest absolute Gasteiger partial charge is 0.475 e. The van der Waals surface area contributed by atoms with Crippen LogP contribution in [0, 0.1) is 0 Å². The van der Waals surface area contributed by atoms with Crippen LogP contribution in [0.5, 0.6) is 0 Å². The van der Waals surface area contributed by atoms with Crippen LogP contribution in [-0.2, 0) is 22.0 Å². The molecule has 1 N–H and O–H groups in total. The van der Waals surface area contributed by atoms with E-state index in [0.717, 1.165) is 10.7 Å². The van der Waals surface area contributed by atoms with Crippen molar-refractivity contribution in [1.29, 1.82) is 0 Å². The summed E-state index contributed by atoms with van der Waals surface area (Å²) in [6.45, 7) is 6.19. The van der Waals surface area contributed by atoms with Gasteiger partial charge in [-0.1, -0.05) is 20.8 Å². The van der Waals surface area contributed by atoms with Crippen LogP contribution < -0.4 is 0 Å². The Balaban J connectivity index is 2.11. The second-order valence-electron chi connectivity index (χ2n) is 5.29. The summed E-state index contributed by atoms with van der Waals surface area (Å²) in [6.07, 6.45) is 0. The lowest BCUT2D eigenvalue weighted by atomic mass is 9.93. The third-order valence-corrected chi connectivity index (χ3v) is 4.83. The summed E-state index contributed by atoms with van der Waals surface area (Å²) in [6, 6.07) is 2.73. The Morgan fingerprint density at radius 3 is 2.65 bits per heavy atom. The van der Waals surface area contributed by atoms with Crippen molar-refractivity contribution in [2.75, 3.05) is 0 Å². The van der Waals surface area contributed by atoms with Gasteiger partial charge in [-0.3, -0.25) is 4.21 Å². The first-order valence-electron chi connectivity index (χ1n) is 5.94. The zero-order chi connectivity index (χ0) is 14.9. The van der Waals surface area contributed by atoms with Gasteiger partial charge in [-0.15, -0.1) is 11.3 Å². The average molecular weight is 313 g/mol. The molecule has 0 amide bonds. The number of aromatic nitrogens is 1. The number of hydrogen-bond acceptors (Lipinski definition) is 5. The fourth-order valence-corrected chi connectivity index (χ4v) is 3.69. The number of hydrogen-bond donors (Lipinski definition) is 1. The summed E-state index contributed by atoms with van der Waals surface area (Å²) < 4.78 is 17.1. The highest BCUT2D eigenvalue weighted by atomic mass is 32.2. The number of thiazole rings is 1. The highest BCUT2D eigenvalue weighted by Gasteiger charge is 2.19. The lowest BCUT2D eigenvalue weighted by Gasteiger charge is -2.14. The first-order valence-corrected chi connectivity index (χ1v) is 8.13. The zero-order valence-electron chi connectivity index (χ0n) is 11.4. The summed E-state index contributed by atoms with van der Waals surface area (Å²) in [5.74, 6) is -1.15. The van der Waals surface area contributed by atoms with Crippen LogP contribution in [0.25, 0.3) is 0 Å². The maximum absolute atomic E-state index is 12.1. The second-order valence-corrected chi connectivity index (χ2v) is 7.61. The molecule has 2 rings (SSSR count). The van der Waals surface area contributed by atoms with Gasteiger partial charge in [0.25, 0.3) is 0 Å². The Hall–Kier alpha value is -1.47. The van der Waals surface area contributed by atoms with Crippen LogP contribution in [0.15, 0.2) is 27.0 Å².